The fourth-order valence-electron chi connectivity index (χ4n) is 2.19. The quantitative estimate of drug-likeness (QED) is 0.678. The second-order valence-electron chi connectivity index (χ2n) is 5.00. The van der Waals surface area contributed by atoms with Crippen molar-refractivity contribution in [2.24, 2.45) is 5.92 Å². The first kappa shape index (κ1) is 15.1. The molecule has 1 atom stereocenters. The number of nitro groups is 1. The number of hydrogen-bond donors (Lipinski definition) is 1. The first-order chi connectivity index (χ1) is 9.40. The molecule has 5 nitrogen and oxygen atoms in total. The number of rotatable bonds is 4. The lowest BCUT2D eigenvalue weighted by Crippen LogP contribution is -2.40. The highest BCUT2D eigenvalue weighted by Crippen LogP contribution is 2.32. The molecule has 1 aliphatic rings. The molecule has 2 rings (SSSR count). The Morgan fingerprint density at radius 2 is 2.10 bits per heavy atom. The highest BCUT2D eigenvalue weighted by atomic mass is 35.5. The summed E-state index contributed by atoms with van der Waals surface area (Å²) in [4.78, 5) is 22.4. The first-order valence-corrected chi connectivity index (χ1v) is 7.10. The van der Waals surface area contributed by atoms with Gasteiger partial charge < -0.3 is 5.32 Å². The van der Waals surface area contributed by atoms with Crippen LogP contribution in [0, 0.1) is 16.0 Å². The van der Waals surface area contributed by atoms with Gasteiger partial charge in [-0.2, -0.15) is 0 Å². The molecular weight excluding hydrogens is 303 g/mol. The minimum atomic E-state index is -0.603. The maximum atomic E-state index is 12.2. The molecule has 0 aliphatic heterocycles. The van der Waals surface area contributed by atoms with E-state index < -0.39 is 10.8 Å². The van der Waals surface area contributed by atoms with Gasteiger partial charge in [-0.15, -0.1) is 0 Å². The van der Waals surface area contributed by atoms with Crippen molar-refractivity contribution in [3.05, 3.63) is 37.9 Å². The normalized spacial score (nSPS) is 16.4. The lowest BCUT2D eigenvalue weighted by Gasteiger charge is -2.31. The van der Waals surface area contributed by atoms with E-state index in [2.05, 4.69) is 5.32 Å². The number of benzene rings is 1. The molecule has 1 aromatic carbocycles. The summed E-state index contributed by atoms with van der Waals surface area (Å²) in [5, 5.41) is 13.7. The van der Waals surface area contributed by atoms with Crippen LogP contribution in [0.3, 0.4) is 0 Å². The lowest BCUT2D eigenvalue weighted by molar-refractivity contribution is -0.384. The Kier molecular flexibility index (Phi) is 4.50. The van der Waals surface area contributed by atoms with Crippen LogP contribution in [0.25, 0.3) is 0 Å². The molecule has 1 aliphatic carbocycles. The van der Waals surface area contributed by atoms with E-state index in [1.54, 1.807) is 0 Å². The molecule has 0 heterocycles. The molecule has 0 saturated heterocycles. The van der Waals surface area contributed by atoms with Crippen molar-refractivity contribution in [2.45, 2.75) is 32.2 Å². The second-order valence-corrected chi connectivity index (χ2v) is 5.78. The molecule has 7 heteroatoms. The van der Waals surface area contributed by atoms with Crippen LogP contribution in [-0.4, -0.2) is 16.9 Å². The summed E-state index contributed by atoms with van der Waals surface area (Å²) in [6.07, 6.45) is 3.35. The van der Waals surface area contributed by atoms with Crippen LogP contribution in [0.4, 0.5) is 5.69 Å². The third kappa shape index (κ3) is 3.04. The summed E-state index contributed by atoms with van der Waals surface area (Å²) in [5.41, 5.74) is -0.210. The average Bonchev–Trinajstić information content (AvgIpc) is 2.29. The van der Waals surface area contributed by atoms with Gasteiger partial charge in [0, 0.05) is 18.2 Å². The zero-order valence-electron chi connectivity index (χ0n) is 10.9. The number of carbonyl (C=O) groups excluding carboxylic acids is 1. The molecule has 1 unspecified atom stereocenters. The molecule has 1 N–H and O–H groups in total. The van der Waals surface area contributed by atoms with Gasteiger partial charge in [0.1, 0.15) is 0 Å². The monoisotopic (exact) mass is 316 g/mol. The van der Waals surface area contributed by atoms with Crippen LogP contribution < -0.4 is 5.32 Å². The van der Waals surface area contributed by atoms with Gasteiger partial charge in [-0.1, -0.05) is 29.6 Å². The zero-order chi connectivity index (χ0) is 14.9. The number of nitro benzene ring substituents is 1. The van der Waals surface area contributed by atoms with Crippen LogP contribution in [0.5, 0.6) is 0 Å². The van der Waals surface area contributed by atoms with Crippen LogP contribution in [0.15, 0.2) is 12.1 Å². The SMILES string of the molecule is CC(NC(=O)c1cc([N+](=O)[O-])cc(Cl)c1Cl)C1CCC1. The maximum absolute atomic E-state index is 12.2. The average molecular weight is 317 g/mol. The van der Waals surface area contributed by atoms with Crippen molar-refractivity contribution >= 4 is 34.8 Å². The molecule has 20 heavy (non-hydrogen) atoms. The molecule has 0 aromatic heterocycles. The van der Waals surface area contributed by atoms with Crippen molar-refractivity contribution in [3.8, 4) is 0 Å². The molecule has 0 spiro atoms. The van der Waals surface area contributed by atoms with E-state index in [1.807, 2.05) is 6.92 Å². The number of halogens is 2. The summed E-state index contributed by atoms with van der Waals surface area (Å²) in [5.74, 6) is 0.0342. The van der Waals surface area contributed by atoms with E-state index in [0.29, 0.717) is 5.92 Å². The Hall–Kier alpha value is -1.33. The minimum absolute atomic E-state index is 0.00214. The number of non-ortho nitro benzene ring substituents is 1. The summed E-state index contributed by atoms with van der Waals surface area (Å²) in [6.45, 7) is 1.93. The Balaban J connectivity index is 2.21. The van der Waals surface area contributed by atoms with Crippen molar-refractivity contribution in [3.63, 3.8) is 0 Å². The summed E-state index contributed by atoms with van der Waals surface area (Å²) in [7, 11) is 0. The maximum Gasteiger partial charge on any atom is 0.271 e. The first-order valence-electron chi connectivity index (χ1n) is 6.34. The second kappa shape index (κ2) is 5.97. The number of nitrogens with zero attached hydrogens (tertiary/aromatic N) is 1. The van der Waals surface area contributed by atoms with Crippen molar-refractivity contribution in [1.29, 1.82) is 0 Å². The van der Waals surface area contributed by atoms with Gasteiger partial charge in [0.2, 0.25) is 0 Å². The lowest BCUT2D eigenvalue weighted by atomic mass is 9.80. The molecule has 0 bridgehead atoms. The number of hydrogen-bond acceptors (Lipinski definition) is 3. The number of nitrogens with one attached hydrogen (secondary N) is 1. The highest BCUT2D eigenvalue weighted by Gasteiger charge is 2.27. The Bertz CT molecular complexity index is 559. The van der Waals surface area contributed by atoms with Gasteiger partial charge >= 0.3 is 0 Å². The fourth-order valence-corrected chi connectivity index (χ4v) is 2.60. The zero-order valence-corrected chi connectivity index (χ0v) is 12.4. The van der Waals surface area contributed by atoms with Crippen LogP contribution in [0.2, 0.25) is 10.0 Å². The van der Waals surface area contributed by atoms with Gasteiger partial charge in [0.15, 0.2) is 0 Å². The Labute approximate surface area is 126 Å². The van der Waals surface area contributed by atoms with E-state index >= 15 is 0 Å². The Morgan fingerprint density at radius 1 is 1.45 bits per heavy atom. The Morgan fingerprint density at radius 3 is 2.60 bits per heavy atom. The minimum Gasteiger partial charge on any atom is -0.349 e. The predicted octanol–water partition coefficient (Wildman–Crippen LogP) is 3.82. The van der Waals surface area contributed by atoms with Crippen molar-refractivity contribution in [2.75, 3.05) is 0 Å². The molecule has 0 radical (unpaired) electrons. The summed E-state index contributed by atoms with van der Waals surface area (Å²) < 4.78 is 0. The van der Waals surface area contributed by atoms with Crippen LogP contribution >= 0.6 is 23.2 Å². The van der Waals surface area contributed by atoms with E-state index in [9.17, 15) is 14.9 Å². The van der Waals surface area contributed by atoms with E-state index in [-0.39, 0.29) is 27.3 Å². The van der Waals surface area contributed by atoms with Gasteiger partial charge in [0.25, 0.3) is 11.6 Å². The smallest absolute Gasteiger partial charge is 0.271 e. The third-order valence-electron chi connectivity index (χ3n) is 3.68. The summed E-state index contributed by atoms with van der Waals surface area (Å²) >= 11 is 11.8. The van der Waals surface area contributed by atoms with Crippen LogP contribution in [0.1, 0.15) is 36.5 Å². The standard InChI is InChI=1S/C13H14Cl2N2O3/c1-7(8-3-2-4-8)16-13(18)10-5-9(17(19)20)6-11(14)12(10)15/h5-8H,2-4H2,1H3,(H,16,18). The van der Waals surface area contributed by atoms with Gasteiger partial charge in [-0.05, 0) is 25.7 Å². The molecule has 1 fully saturated rings. The van der Waals surface area contributed by atoms with Crippen LogP contribution in [-0.2, 0) is 0 Å². The molecule has 1 saturated carbocycles. The largest absolute Gasteiger partial charge is 0.349 e. The van der Waals surface area contributed by atoms with E-state index in [4.69, 9.17) is 23.2 Å². The van der Waals surface area contributed by atoms with Gasteiger partial charge in [0.05, 0.1) is 20.5 Å². The molecule has 1 amide bonds. The fraction of sp³-hybridized carbons (Fsp3) is 0.462. The van der Waals surface area contributed by atoms with Crippen molar-refractivity contribution in [1.82, 2.24) is 5.32 Å². The molecular formula is C13H14Cl2N2O3. The predicted molar refractivity (Wildman–Crippen MR) is 77.4 cm³/mol. The summed E-state index contributed by atoms with van der Waals surface area (Å²) in [6, 6.07) is 2.30. The number of amides is 1. The van der Waals surface area contributed by atoms with Gasteiger partial charge in [-0.25, -0.2) is 0 Å². The molecule has 1 aromatic rings. The van der Waals surface area contributed by atoms with Gasteiger partial charge in [-0.3, -0.25) is 14.9 Å². The molecule has 108 valence electrons. The number of carbonyl (C=O) groups is 1. The topological polar surface area (TPSA) is 72.2 Å². The van der Waals surface area contributed by atoms with Crippen molar-refractivity contribution < 1.29 is 9.72 Å². The van der Waals surface area contributed by atoms with E-state index in [1.165, 1.54) is 6.42 Å². The van der Waals surface area contributed by atoms with E-state index in [0.717, 1.165) is 25.0 Å². The highest BCUT2D eigenvalue weighted by molar-refractivity contribution is 6.44. The third-order valence-corrected chi connectivity index (χ3v) is 4.49.